The summed E-state index contributed by atoms with van der Waals surface area (Å²) in [6, 6.07) is 12.3. The highest BCUT2D eigenvalue weighted by Crippen LogP contribution is 2.32. The first-order valence-electron chi connectivity index (χ1n) is 10.4. The first kappa shape index (κ1) is 17.1. The van der Waals surface area contributed by atoms with E-state index in [1.165, 1.54) is 24.9 Å². The number of aromatic nitrogens is 6. The van der Waals surface area contributed by atoms with Gasteiger partial charge >= 0.3 is 0 Å². The molecule has 148 valence electrons. The second-order valence-electron chi connectivity index (χ2n) is 7.73. The van der Waals surface area contributed by atoms with Gasteiger partial charge in [-0.25, -0.2) is 4.98 Å². The van der Waals surface area contributed by atoms with Crippen molar-refractivity contribution in [3.8, 4) is 22.8 Å². The van der Waals surface area contributed by atoms with Gasteiger partial charge in [0.25, 0.3) is 0 Å². The fraction of sp³-hybridized carbons (Fsp3) is 0.217. The number of aromatic amines is 2. The van der Waals surface area contributed by atoms with Crippen molar-refractivity contribution in [2.45, 2.75) is 19.3 Å². The molecule has 0 radical (unpaired) electrons. The van der Waals surface area contributed by atoms with Gasteiger partial charge in [-0.15, -0.1) is 0 Å². The van der Waals surface area contributed by atoms with E-state index in [2.05, 4.69) is 54.3 Å². The quantitative estimate of drug-likeness (QED) is 0.468. The largest absolute Gasteiger partial charge is 0.370 e. The fourth-order valence-corrected chi connectivity index (χ4v) is 4.30. The fourth-order valence-electron chi connectivity index (χ4n) is 4.30. The van der Waals surface area contributed by atoms with Gasteiger partial charge in [0.05, 0.1) is 28.6 Å². The predicted octanol–water partition coefficient (Wildman–Crippen LogP) is 4.55. The summed E-state index contributed by atoms with van der Waals surface area (Å²) in [6.07, 6.45) is 9.16. The Morgan fingerprint density at radius 2 is 1.80 bits per heavy atom. The van der Waals surface area contributed by atoms with Crippen LogP contribution in [0.4, 0.5) is 5.69 Å². The van der Waals surface area contributed by atoms with Gasteiger partial charge in [0.15, 0.2) is 5.82 Å². The lowest BCUT2D eigenvalue weighted by molar-refractivity contribution is 0.579. The second kappa shape index (κ2) is 6.95. The Labute approximate surface area is 173 Å². The number of fused-ring (bicyclic) bond motifs is 2. The number of rotatable bonds is 3. The van der Waals surface area contributed by atoms with Crippen LogP contribution in [0.15, 0.2) is 55.0 Å². The molecule has 1 aromatic carbocycles. The van der Waals surface area contributed by atoms with Crippen LogP contribution in [-0.2, 0) is 0 Å². The SMILES string of the molecule is c1cc(N2CCCCC2)c2nc(-c3n[nH]c4cnc(-c5ccncc5)cc34)[nH]c2c1. The van der Waals surface area contributed by atoms with Crippen LogP contribution in [0.5, 0.6) is 0 Å². The van der Waals surface area contributed by atoms with Crippen LogP contribution in [0.1, 0.15) is 19.3 Å². The average molecular weight is 395 g/mol. The van der Waals surface area contributed by atoms with Crippen LogP contribution >= 0.6 is 0 Å². The Morgan fingerprint density at radius 1 is 0.933 bits per heavy atom. The molecule has 2 N–H and O–H groups in total. The number of hydrogen-bond acceptors (Lipinski definition) is 5. The van der Waals surface area contributed by atoms with Crippen molar-refractivity contribution in [2.24, 2.45) is 0 Å². The standard InChI is InChI=1S/C23H21N7/c1-2-11-30(12-3-1)20-6-4-5-17-22(20)27-23(26-17)21-16-13-18(15-7-9-24-10-8-15)25-14-19(16)28-29-21/h4-10,13-14H,1-3,11-12H2,(H,26,27)(H,28,29). The zero-order valence-corrected chi connectivity index (χ0v) is 16.5. The maximum absolute atomic E-state index is 4.97. The zero-order valence-electron chi connectivity index (χ0n) is 16.5. The molecule has 6 rings (SSSR count). The van der Waals surface area contributed by atoms with E-state index in [1.807, 2.05) is 18.3 Å². The highest BCUT2D eigenvalue weighted by Gasteiger charge is 2.18. The summed E-state index contributed by atoms with van der Waals surface area (Å²) in [6.45, 7) is 2.18. The minimum absolute atomic E-state index is 0.771. The third-order valence-electron chi connectivity index (χ3n) is 5.84. The molecule has 0 spiro atoms. The van der Waals surface area contributed by atoms with Gasteiger partial charge in [-0.1, -0.05) is 6.07 Å². The molecule has 7 nitrogen and oxygen atoms in total. The summed E-state index contributed by atoms with van der Waals surface area (Å²) in [4.78, 5) is 19.6. The lowest BCUT2D eigenvalue weighted by Crippen LogP contribution is -2.29. The molecule has 0 aliphatic carbocycles. The number of anilines is 1. The number of nitrogens with one attached hydrogen (secondary N) is 2. The van der Waals surface area contributed by atoms with Crippen LogP contribution in [0.3, 0.4) is 0 Å². The van der Waals surface area contributed by atoms with Crippen molar-refractivity contribution in [1.29, 1.82) is 0 Å². The van der Waals surface area contributed by atoms with Crippen molar-refractivity contribution in [3.05, 3.63) is 55.0 Å². The number of benzene rings is 1. The molecule has 0 unspecified atom stereocenters. The molecular weight excluding hydrogens is 374 g/mol. The molecule has 0 saturated carbocycles. The molecular formula is C23H21N7. The summed E-state index contributed by atoms with van der Waals surface area (Å²) >= 11 is 0. The highest BCUT2D eigenvalue weighted by molar-refractivity contribution is 5.96. The molecule has 1 fully saturated rings. The minimum atomic E-state index is 0.771. The predicted molar refractivity (Wildman–Crippen MR) is 118 cm³/mol. The number of piperidine rings is 1. The number of pyridine rings is 2. The second-order valence-corrected chi connectivity index (χ2v) is 7.73. The van der Waals surface area contributed by atoms with E-state index in [-0.39, 0.29) is 0 Å². The molecule has 1 saturated heterocycles. The van der Waals surface area contributed by atoms with E-state index in [9.17, 15) is 0 Å². The molecule has 0 amide bonds. The minimum Gasteiger partial charge on any atom is -0.370 e. The zero-order chi connectivity index (χ0) is 19.9. The number of hydrogen-bond donors (Lipinski definition) is 2. The van der Waals surface area contributed by atoms with E-state index >= 15 is 0 Å². The van der Waals surface area contributed by atoms with E-state index in [1.54, 1.807) is 12.4 Å². The monoisotopic (exact) mass is 395 g/mol. The highest BCUT2D eigenvalue weighted by atomic mass is 15.2. The summed E-state index contributed by atoms with van der Waals surface area (Å²) < 4.78 is 0. The van der Waals surface area contributed by atoms with Crippen molar-refractivity contribution in [3.63, 3.8) is 0 Å². The molecule has 5 aromatic rings. The normalized spacial score (nSPS) is 14.6. The maximum Gasteiger partial charge on any atom is 0.159 e. The molecule has 0 atom stereocenters. The molecule has 7 heteroatoms. The van der Waals surface area contributed by atoms with Crippen LogP contribution in [0.2, 0.25) is 0 Å². The van der Waals surface area contributed by atoms with Crippen molar-refractivity contribution in [1.82, 2.24) is 30.1 Å². The van der Waals surface area contributed by atoms with Crippen LogP contribution in [0.25, 0.3) is 44.7 Å². The Kier molecular flexibility index (Phi) is 3.97. The average Bonchev–Trinajstić information content (AvgIpc) is 3.43. The van der Waals surface area contributed by atoms with E-state index < -0.39 is 0 Å². The Balaban J connectivity index is 1.47. The topological polar surface area (TPSA) is 86.4 Å². The third-order valence-corrected chi connectivity index (χ3v) is 5.84. The third kappa shape index (κ3) is 2.82. The molecule has 5 heterocycles. The van der Waals surface area contributed by atoms with Gasteiger partial charge in [0.2, 0.25) is 0 Å². The Hall–Kier alpha value is -3.74. The van der Waals surface area contributed by atoms with Gasteiger partial charge in [-0.3, -0.25) is 15.1 Å². The Morgan fingerprint density at radius 3 is 2.67 bits per heavy atom. The number of nitrogens with zero attached hydrogens (tertiary/aromatic N) is 5. The van der Waals surface area contributed by atoms with Crippen molar-refractivity contribution < 1.29 is 0 Å². The number of para-hydroxylation sites is 1. The smallest absolute Gasteiger partial charge is 0.159 e. The van der Waals surface area contributed by atoms with Gasteiger partial charge in [-0.2, -0.15) is 5.10 Å². The first-order valence-corrected chi connectivity index (χ1v) is 10.4. The maximum atomic E-state index is 4.97. The van der Waals surface area contributed by atoms with Gasteiger partial charge < -0.3 is 9.88 Å². The van der Waals surface area contributed by atoms with E-state index in [4.69, 9.17) is 4.98 Å². The van der Waals surface area contributed by atoms with Gasteiger partial charge in [-0.05, 0) is 49.6 Å². The number of imidazole rings is 1. The lowest BCUT2D eigenvalue weighted by Gasteiger charge is -2.28. The first-order chi connectivity index (χ1) is 14.9. The molecule has 0 bridgehead atoms. The van der Waals surface area contributed by atoms with Crippen LogP contribution in [0, 0.1) is 0 Å². The van der Waals surface area contributed by atoms with Crippen molar-refractivity contribution >= 4 is 27.6 Å². The molecule has 30 heavy (non-hydrogen) atoms. The van der Waals surface area contributed by atoms with E-state index in [0.717, 1.165) is 57.8 Å². The number of H-pyrrole nitrogens is 2. The summed E-state index contributed by atoms with van der Waals surface area (Å²) in [5.41, 5.74) is 6.85. The van der Waals surface area contributed by atoms with Crippen LogP contribution < -0.4 is 4.90 Å². The molecule has 1 aliphatic heterocycles. The van der Waals surface area contributed by atoms with Gasteiger partial charge in [0.1, 0.15) is 11.2 Å². The van der Waals surface area contributed by atoms with E-state index in [0.29, 0.717) is 0 Å². The van der Waals surface area contributed by atoms with Crippen molar-refractivity contribution in [2.75, 3.05) is 18.0 Å². The summed E-state index contributed by atoms with van der Waals surface area (Å²) in [5.74, 6) is 0.771. The molecule has 1 aliphatic rings. The lowest BCUT2D eigenvalue weighted by atomic mass is 10.1. The molecule has 4 aromatic heterocycles. The summed E-state index contributed by atoms with van der Waals surface area (Å²) in [5, 5.41) is 8.64. The Bertz CT molecular complexity index is 1330. The summed E-state index contributed by atoms with van der Waals surface area (Å²) in [7, 11) is 0. The van der Waals surface area contributed by atoms with Gasteiger partial charge in [0, 0.05) is 36.4 Å². The van der Waals surface area contributed by atoms with Crippen LogP contribution in [-0.4, -0.2) is 43.2 Å².